The maximum atomic E-state index is 4.70. The number of aromatic nitrogens is 2. The minimum absolute atomic E-state index is 0.646. The van der Waals surface area contributed by atoms with E-state index < -0.39 is 0 Å². The van der Waals surface area contributed by atoms with Gasteiger partial charge in [-0.1, -0.05) is 30.3 Å². The molecule has 0 atom stereocenters. The van der Waals surface area contributed by atoms with Gasteiger partial charge in [0.15, 0.2) is 5.96 Å². The highest BCUT2D eigenvalue weighted by molar-refractivity contribution is 7.09. The van der Waals surface area contributed by atoms with E-state index in [9.17, 15) is 0 Å². The molecule has 130 valence electrons. The van der Waals surface area contributed by atoms with Crippen LogP contribution in [0.2, 0.25) is 0 Å². The second-order valence-corrected chi connectivity index (χ2v) is 6.68. The first-order valence-corrected chi connectivity index (χ1v) is 9.31. The zero-order chi connectivity index (χ0) is 17.3. The third kappa shape index (κ3) is 5.46. The molecule has 25 heavy (non-hydrogen) atoms. The minimum atomic E-state index is 0.646. The molecule has 1 aromatic carbocycles. The van der Waals surface area contributed by atoms with Gasteiger partial charge in [0.25, 0.3) is 0 Å². The standard InChI is InChI=1S/C19H23N5S/c1-2-20-19(22-14-18-8-4-11-25-18)21-13-16-6-3-7-17(12-16)15-24-10-5-9-23-24/h3-12H,2,13-15H2,1H3,(H2,20,21,22). The Kier molecular flexibility index (Phi) is 6.23. The Bertz CT molecular complexity index is 778. The van der Waals surface area contributed by atoms with Gasteiger partial charge >= 0.3 is 0 Å². The second-order valence-electron chi connectivity index (χ2n) is 5.65. The van der Waals surface area contributed by atoms with Crippen LogP contribution in [0.25, 0.3) is 0 Å². The fraction of sp³-hybridized carbons (Fsp3) is 0.263. The number of benzene rings is 1. The van der Waals surface area contributed by atoms with Crippen molar-refractivity contribution in [3.05, 3.63) is 76.2 Å². The summed E-state index contributed by atoms with van der Waals surface area (Å²) >= 11 is 1.75. The van der Waals surface area contributed by atoms with Crippen molar-refractivity contribution in [2.24, 2.45) is 4.99 Å². The third-order valence-corrected chi connectivity index (χ3v) is 4.55. The summed E-state index contributed by atoms with van der Waals surface area (Å²) in [5.41, 5.74) is 2.42. The molecule has 6 heteroatoms. The number of guanidine groups is 1. The monoisotopic (exact) mass is 353 g/mol. The lowest BCUT2D eigenvalue weighted by Gasteiger charge is -2.11. The van der Waals surface area contributed by atoms with E-state index >= 15 is 0 Å². The van der Waals surface area contributed by atoms with Crippen molar-refractivity contribution in [2.45, 2.75) is 26.6 Å². The maximum Gasteiger partial charge on any atom is 0.191 e. The molecule has 0 spiro atoms. The van der Waals surface area contributed by atoms with Crippen LogP contribution in [0.1, 0.15) is 22.9 Å². The summed E-state index contributed by atoms with van der Waals surface area (Å²) in [4.78, 5) is 6.00. The molecule has 2 aromatic heterocycles. The first-order valence-electron chi connectivity index (χ1n) is 8.43. The van der Waals surface area contributed by atoms with E-state index in [1.807, 2.05) is 16.9 Å². The van der Waals surface area contributed by atoms with E-state index in [2.05, 4.69) is 64.4 Å². The van der Waals surface area contributed by atoms with E-state index in [1.54, 1.807) is 17.5 Å². The van der Waals surface area contributed by atoms with Crippen molar-refractivity contribution in [3.63, 3.8) is 0 Å². The molecule has 0 saturated carbocycles. The van der Waals surface area contributed by atoms with Gasteiger partial charge in [-0.15, -0.1) is 11.3 Å². The molecule has 0 aliphatic rings. The highest BCUT2D eigenvalue weighted by Gasteiger charge is 2.01. The predicted octanol–water partition coefficient (Wildman–Crippen LogP) is 3.25. The summed E-state index contributed by atoms with van der Waals surface area (Å²) in [6.45, 7) is 5.14. The molecular weight excluding hydrogens is 330 g/mol. The van der Waals surface area contributed by atoms with Crippen LogP contribution in [0, 0.1) is 0 Å². The van der Waals surface area contributed by atoms with Crippen LogP contribution >= 0.6 is 11.3 Å². The van der Waals surface area contributed by atoms with Crippen LogP contribution < -0.4 is 10.6 Å². The molecule has 5 nitrogen and oxygen atoms in total. The van der Waals surface area contributed by atoms with Gasteiger partial charge in [-0.3, -0.25) is 4.68 Å². The average molecular weight is 353 g/mol. The molecule has 2 N–H and O–H groups in total. The van der Waals surface area contributed by atoms with Gasteiger partial charge in [0.2, 0.25) is 0 Å². The number of nitrogens with zero attached hydrogens (tertiary/aromatic N) is 3. The summed E-state index contributed by atoms with van der Waals surface area (Å²) in [6.07, 6.45) is 3.78. The zero-order valence-corrected chi connectivity index (χ0v) is 15.2. The van der Waals surface area contributed by atoms with Crippen molar-refractivity contribution in [1.29, 1.82) is 0 Å². The van der Waals surface area contributed by atoms with Crippen LogP contribution in [-0.4, -0.2) is 22.3 Å². The highest BCUT2D eigenvalue weighted by atomic mass is 32.1. The van der Waals surface area contributed by atoms with Gasteiger partial charge in [0, 0.05) is 23.8 Å². The number of hydrogen-bond donors (Lipinski definition) is 2. The molecule has 0 aliphatic carbocycles. The van der Waals surface area contributed by atoms with E-state index in [0.717, 1.165) is 25.6 Å². The van der Waals surface area contributed by atoms with Gasteiger partial charge in [-0.25, -0.2) is 4.99 Å². The lowest BCUT2D eigenvalue weighted by molar-refractivity contribution is 0.686. The van der Waals surface area contributed by atoms with Gasteiger partial charge in [0.05, 0.1) is 19.6 Å². The Balaban J connectivity index is 1.61. The van der Waals surface area contributed by atoms with Crippen molar-refractivity contribution in [2.75, 3.05) is 6.54 Å². The molecule has 2 heterocycles. The molecule has 0 aliphatic heterocycles. The molecule has 0 unspecified atom stereocenters. The normalized spacial score (nSPS) is 11.5. The smallest absolute Gasteiger partial charge is 0.191 e. The van der Waals surface area contributed by atoms with Crippen molar-refractivity contribution < 1.29 is 0 Å². The Labute approximate surface area is 152 Å². The van der Waals surface area contributed by atoms with Crippen LogP contribution in [0.5, 0.6) is 0 Å². The molecule has 0 amide bonds. The Morgan fingerprint density at radius 2 is 2.08 bits per heavy atom. The Morgan fingerprint density at radius 3 is 2.84 bits per heavy atom. The first-order chi connectivity index (χ1) is 12.3. The zero-order valence-electron chi connectivity index (χ0n) is 14.4. The summed E-state index contributed by atoms with van der Waals surface area (Å²) in [6, 6.07) is 14.6. The molecule has 0 radical (unpaired) electrons. The average Bonchev–Trinajstić information content (AvgIpc) is 3.31. The van der Waals surface area contributed by atoms with E-state index in [0.29, 0.717) is 6.54 Å². The lowest BCUT2D eigenvalue weighted by Crippen LogP contribution is -2.36. The van der Waals surface area contributed by atoms with E-state index in [-0.39, 0.29) is 0 Å². The quantitative estimate of drug-likeness (QED) is 0.506. The summed E-state index contributed by atoms with van der Waals surface area (Å²) in [7, 11) is 0. The third-order valence-electron chi connectivity index (χ3n) is 3.67. The van der Waals surface area contributed by atoms with Crippen LogP contribution in [0.3, 0.4) is 0 Å². The lowest BCUT2D eigenvalue weighted by atomic mass is 10.1. The highest BCUT2D eigenvalue weighted by Crippen LogP contribution is 2.09. The molecule has 0 bridgehead atoms. The summed E-state index contributed by atoms with van der Waals surface area (Å²) in [5.74, 6) is 0.841. The summed E-state index contributed by atoms with van der Waals surface area (Å²) < 4.78 is 1.93. The van der Waals surface area contributed by atoms with Gasteiger partial charge in [-0.2, -0.15) is 5.10 Å². The number of rotatable bonds is 7. The minimum Gasteiger partial charge on any atom is -0.357 e. The van der Waals surface area contributed by atoms with Crippen LogP contribution in [0.15, 0.2) is 65.2 Å². The largest absolute Gasteiger partial charge is 0.357 e. The van der Waals surface area contributed by atoms with Crippen molar-refractivity contribution in [3.8, 4) is 0 Å². The SMILES string of the molecule is CCNC(=NCc1cccc(Cn2cccn2)c1)NCc1cccs1. The number of hydrogen-bond acceptors (Lipinski definition) is 3. The molecule has 3 rings (SSSR count). The van der Waals surface area contributed by atoms with Crippen LogP contribution in [0.4, 0.5) is 0 Å². The first kappa shape index (κ1) is 17.2. The van der Waals surface area contributed by atoms with Gasteiger partial charge in [-0.05, 0) is 35.6 Å². The molecule has 3 aromatic rings. The molecular formula is C19H23N5S. The number of thiophene rings is 1. The summed E-state index contributed by atoms with van der Waals surface area (Å²) in [5, 5.41) is 13.0. The maximum absolute atomic E-state index is 4.70. The van der Waals surface area contributed by atoms with E-state index in [4.69, 9.17) is 4.99 Å². The topological polar surface area (TPSA) is 54.2 Å². The number of nitrogens with one attached hydrogen (secondary N) is 2. The Morgan fingerprint density at radius 1 is 1.16 bits per heavy atom. The van der Waals surface area contributed by atoms with Crippen molar-refractivity contribution in [1.82, 2.24) is 20.4 Å². The molecule has 0 fully saturated rings. The second kappa shape index (κ2) is 9.03. The Hall–Kier alpha value is -2.60. The van der Waals surface area contributed by atoms with Gasteiger partial charge < -0.3 is 10.6 Å². The van der Waals surface area contributed by atoms with E-state index in [1.165, 1.54) is 16.0 Å². The molecule has 0 saturated heterocycles. The number of aliphatic imine (C=N–C) groups is 1. The van der Waals surface area contributed by atoms with Gasteiger partial charge in [0.1, 0.15) is 0 Å². The van der Waals surface area contributed by atoms with Crippen molar-refractivity contribution >= 4 is 17.3 Å². The fourth-order valence-corrected chi connectivity index (χ4v) is 3.15. The van der Waals surface area contributed by atoms with Crippen LogP contribution in [-0.2, 0) is 19.6 Å². The predicted molar refractivity (Wildman–Crippen MR) is 104 cm³/mol. The fourth-order valence-electron chi connectivity index (χ4n) is 2.50.